The van der Waals surface area contributed by atoms with Gasteiger partial charge in [0, 0.05) is 26.0 Å². The molecule has 1 atom stereocenters. The van der Waals surface area contributed by atoms with E-state index in [0.717, 1.165) is 22.4 Å². The van der Waals surface area contributed by atoms with Gasteiger partial charge in [0.15, 0.2) is 0 Å². The van der Waals surface area contributed by atoms with Crippen molar-refractivity contribution < 1.29 is 14.3 Å². The summed E-state index contributed by atoms with van der Waals surface area (Å²) in [5.41, 5.74) is 7.06. The minimum Gasteiger partial charge on any atom is -0.496 e. The number of carbonyl (C=O) groups is 1. The lowest BCUT2D eigenvalue weighted by Gasteiger charge is -2.19. The summed E-state index contributed by atoms with van der Waals surface area (Å²) < 4.78 is 11.2. The van der Waals surface area contributed by atoms with Crippen LogP contribution in [-0.4, -0.2) is 26.4 Å². The maximum absolute atomic E-state index is 11.4. The van der Waals surface area contributed by atoms with Crippen molar-refractivity contribution in [3.63, 3.8) is 0 Å². The lowest BCUT2D eigenvalue weighted by molar-refractivity contribution is -0.122. The minimum absolute atomic E-state index is 0.119. The molecule has 1 unspecified atom stereocenters. The second kappa shape index (κ2) is 10.5. The molecule has 4 heteroatoms. The number of fused-ring (bicyclic) bond motifs is 1. The summed E-state index contributed by atoms with van der Waals surface area (Å²) >= 11 is 0. The first kappa shape index (κ1) is 25.5. The largest absolute Gasteiger partial charge is 0.496 e. The van der Waals surface area contributed by atoms with E-state index in [0.29, 0.717) is 6.42 Å². The summed E-state index contributed by atoms with van der Waals surface area (Å²) in [5, 5.41) is 5.21. The molecule has 0 heterocycles. The maximum atomic E-state index is 11.4. The Morgan fingerprint density at radius 3 is 2.22 bits per heavy atom. The van der Waals surface area contributed by atoms with Crippen molar-refractivity contribution in [2.24, 2.45) is 0 Å². The molecule has 4 rings (SSSR count). The van der Waals surface area contributed by atoms with Crippen molar-refractivity contribution in [2.45, 2.75) is 45.8 Å². The summed E-state index contributed by atoms with van der Waals surface area (Å²) in [6, 6.07) is 28.1. The molecular formula is C32H35NO3. The summed E-state index contributed by atoms with van der Waals surface area (Å²) in [7, 11) is 3.28. The first-order chi connectivity index (χ1) is 17.2. The number of hydrogen-bond donors (Lipinski definition) is 1. The van der Waals surface area contributed by atoms with E-state index in [2.05, 4.69) is 98.9 Å². The van der Waals surface area contributed by atoms with Gasteiger partial charge in [0.05, 0.1) is 7.11 Å². The fourth-order valence-corrected chi connectivity index (χ4v) is 4.59. The highest BCUT2D eigenvalue weighted by Crippen LogP contribution is 2.36. The zero-order valence-corrected chi connectivity index (χ0v) is 22.0. The second-order valence-electron chi connectivity index (χ2n) is 10.2. The number of methoxy groups -OCH3 is 2. The van der Waals surface area contributed by atoms with Gasteiger partial charge in [0.25, 0.3) is 0 Å². The van der Waals surface area contributed by atoms with Crippen LogP contribution in [0.4, 0.5) is 0 Å². The van der Waals surface area contributed by atoms with Crippen LogP contribution >= 0.6 is 0 Å². The molecule has 0 bridgehead atoms. The van der Waals surface area contributed by atoms with Crippen LogP contribution < -0.4 is 10.1 Å². The maximum Gasteiger partial charge on any atom is 0.218 e. The third-order valence-corrected chi connectivity index (χ3v) is 6.59. The van der Waals surface area contributed by atoms with Gasteiger partial charge in [-0.2, -0.15) is 0 Å². The third-order valence-electron chi connectivity index (χ3n) is 6.59. The molecule has 4 nitrogen and oxygen atoms in total. The average molecular weight is 482 g/mol. The van der Waals surface area contributed by atoms with E-state index in [4.69, 9.17) is 9.47 Å². The molecule has 0 aliphatic carbocycles. The Morgan fingerprint density at radius 1 is 0.861 bits per heavy atom. The van der Waals surface area contributed by atoms with Gasteiger partial charge < -0.3 is 14.8 Å². The molecule has 0 spiro atoms. The first-order valence-corrected chi connectivity index (χ1v) is 12.3. The Hall–Kier alpha value is -3.63. The molecule has 4 aromatic rings. The fourth-order valence-electron chi connectivity index (χ4n) is 4.59. The van der Waals surface area contributed by atoms with Crippen LogP contribution in [0.25, 0.3) is 33.0 Å². The molecule has 0 aliphatic heterocycles. The molecule has 36 heavy (non-hydrogen) atoms. The molecule has 0 saturated carbocycles. The Balaban J connectivity index is 1.67. The SMILES string of the molecule is COc1cc(CC(NC(C)=O)OC)ccc1-c1ccc2c(-c3ccc(C(C)(C)C)cc3)cccc2c1. The molecule has 186 valence electrons. The van der Waals surface area contributed by atoms with Crippen LogP contribution in [0.3, 0.4) is 0 Å². The number of ether oxygens (including phenoxy) is 2. The zero-order valence-electron chi connectivity index (χ0n) is 22.0. The number of nitrogens with one attached hydrogen (secondary N) is 1. The smallest absolute Gasteiger partial charge is 0.218 e. The lowest BCUT2D eigenvalue weighted by Crippen LogP contribution is -2.36. The second-order valence-corrected chi connectivity index (χ2v) is 10.2. The van der Waals surface area contributed by atoms with Gasteiger partial charge >= 0.3 is 0 Å². The number of amides is 1. The number of rotatable bonds is 7. The molecule has 0 fully saturated rings. The Bertz CT molecular complexity index is 1370. The summed E-state index contributed by atoms with van der Waals surface area (Å²) in [6.45, 7) is 8.20. The van der Waals surface area contributed by atoms with Crippen molar-refractivity contribution in [3.05, 3.63) is 90.0 Å². The molecule has 0 radical (unpaired) electrons. The monoisotopic (exact) mass is 481 g/mol. The number of carbonyl (C=O) groups excluding carboxylic acids is 1. The van der Waals surface area contributed by atoms with Crippen LogP contribution in [0.5, 0.6) is 5.75 Å². The van der Waals surface area contributed by atoms with E-state index in [1.807, 2.05) is 6.07 Å². The predicted octanol–water partition coefficient (Wildman–Crippen LogP) is 7.13. The molecule has 0 saturated heterocycles. The molecule has 0 aromatic heterocycles. The normalized spacial score (nSPS) is 12.4. The van der Waals surface area contributed by atoms with Gasteiger partial charge in [0.1, 0.15) is 12.0 Å². The van der Waals surface area contributed by atoms with Gasteiger partial charge in [-0.3, -0.25) is 4.79 Å². The van der Waals surface area contributed by atoms with E-state index < -0.39 is 0 Å². The molecule has 4 aromatic carbocycles. The van der Waals surface area contributed by atoms with Gasteiger partial charge in [-0.25, -0.2) is 0 Å². The van der Waals surface area contributed by atoms with Crippen molar-refractivity contribution in [1.82, 2.24) is 5.32 Å². The predicted molar refractivity (Wildman–Crippen MR) is 148 cm³/mol. The quantitative estimate of drug-likeness (QED) is 0.286. The Labute approximate surface area is 214 Å². The van der Waals surface area contributed by atoms with Crippen LogP contribution in [0.15, 0.2) is 78.9 Å². The Morgan fingerprint density at radius 2 is 1.58 bits per heavy atom. The minimum atomic E-state index is -0.380. The summed E-state index contributed by atoms with van der Waals surface area (Å²) in [4.78, 5) is 11.4. The van der Waals surface area contributed by atoms with Crippen LogP contribution in [0.2, 0.25) is 0 Å². The number of hydrogen-bond acceptors (Lipinski definition) is 3. The van der Waals surface area contributed by atoms with Gasteiger partial charge in [-0.1, -0.05) is 87.5 Å². The molecule has 1 N–H and O–H groups in total. The fraction of sp³-hybridized carbons (Fsp3) is 0.281. The molecule has 1 amide bonds. The summed E-state index contributed by atoms with van der Waals surface area (Å²) in [6.07, 6.45) is 0.177. The van der Waals surface area contributed by atoms with Crippen LogP contribution in [0.1, 0.15) is 38.8 Å². The lowest BCUT2D eigenvalue weighted by atomic mass is 9.86. The topological polar surface area (TPSA) is 47.6 Å². The van der Waals surface area contributed by atoms with E-state index in [1.165, 1.54) is 34.4 Å². The summed E-state index contributed by atoms with van der Waals surface area (Å²) in [5.74, 6) is 0.671. The van der Waals surface area contributed by atoms with Gasteiger partial charge in [-0.15, -0.1) is 0 Å². The van der Waals surface area contributed by atoms with Gasteiger partial charge in [0.2, 0.25) is 5.91 Å². The highest BCUT2D eigenvalue weighted by Gasteiger charge is 2.15. The van der Waals surface area contributed by atoms with Crippen molar-refractivity contribution in [1.29, 1.82) is 0 Å². The molecule has 0 aliphatic rings. The first-order valence-electron chi connectivity index (χ1n) is 12.3. The number of benzene rings is 4. The highest BCUT2D eigenvalue weighted by molar-refractivity contribution is 5.99. The standard InChI is InChI=1S/C32H35NO3/c1-21(34)33-31(36-6)19-22-10-16-29(30(18-22)35-5)25-13-17-28-24(20-25)8-7-9-27(28)23-11-14-26(15-12-23)32(2,3)4/h7-18,20,31H,19H2,1-6H3,(H,33,34). The Kier molecular flexibility index (Phi) is 7.46. The molecular weight excluding hydrogens is 446 g/mol. The van der Waals surface area contributed by atoms with E-state index >= 15 is 0 Å². The van der Waals surface area contributed by atoms with Crippen molar-refractivity contribution >= 4 is 16.7 Å². The highest BCUT2D eigenvalue weighted by atomic mass is 16.5. The average Bonchev–Trinajstić information content (AvgIpc) is 2.86. The van der Waals surface area contributed by atoms with E-state index in [9.17, 15) is 4.79 Å². The van der Waals surface area contributed by atoms with Crippen molar-refractivity contribution in [3.8, 4) is 28.0 Å². The van der Waals surface area contributed by atoms with Crippen molar-refractivity contribution in [2.75, 3.05) is 14.2 Å². The zero-order chi connectivity index (χ0) is 25.9. The van der Waals surface area contributed by atoms with Crippen LogP contribution in [0, 0.1) is 0 Å². The van der Waals surface area contributed by atoms with E-state index in [-0.39, 0.29) is 17.6 Å². The van der Waals surface area contributed by atoms with E-state index in [1.54, 1.807) is 14.2 Å². The van der Waals surface area contributed by atoms with Gasteiger partial charge in [-0.05, 0) is 56.1 Å². The van der Waals surface area contributed by atoms with Crippen LogP contribution in [-0.2, 0) is 21.4 Å². The third kappa shape index (κ3) is 5.60.